The zero-order valence-corrected chi connectivity index (χ0v) is 34.5. The van der Waals surface area contributed by atoms with Crippen molar-refractivity contribution in [1.29, 1.82) is 0 Å². The minimum atomic E-state index is -0.520. The number of fused-ring (bicyclic) bond motifs is 6. The highest BCUT2D eigenvalue weighted by molar-refractivity contribution is 6.07. The molecule has 0 atom stereocenters. The van der Waals surface area contributed by atoms with Crippen LogP contribution in [-0.4, -0.2) is 9.97 Å². The minimum Gasteiger partial charge on any atom is -0.228 e. The van der Waals surface area contributed by atoms with Crippen molar-refractivity contribution in [2.45, 2.75) is 5.41 Å². The quantitative estimate of drug-likeness (QED) is 0.160. The van der Waals surface area contributed by atoms with Crippen molar-refractivity contribution in [2.75, 3.05) is 0 Å². The molecule has 0 fully saturated rings. The van der Waals surface area contributed by atoms with Gasteiger partial charge in [-0.1, -0.05) is 231 Å². The maximum atomic E-state index is 5.32. The van der Waals surface area contributed by atoms with Crippen molar-refractivity contribution in [3.8, 4) is 67.3 Å². The van der Waals surface area contributed by atoms with Gasteiger partial charge in [-0.05, 0) is 89.3 Å². The van der Waals surface area contributed by atoms with Gasteiger partial charge in [0.15, 0.2) is 5.82 Å². The molecule has 11 aromatic rings. The molecule has 0 bridgehead atoms. The van der Waals surface area contributed by atoms with Crippen molar-refractivity contribution in [1.82, 2.24) is 9.97 Å². The Kier molecular flexibility index (Phi) is 8.76. The van der Waals surface area contributed by atoms with Gasteiger partial charge in [0.05, 0.1) is 16.8 Å². The molecular formula is C61H40N2. The number of nitrogens with zero attached hydrogens (tertiary/aromatic N) is 2. The van der Waals surface area contributed by atoms with Crippen LogP contribution in [0.2, 0.25) is 0 Å². The lowest BCUT2D eigenvalue weighted by Gasteiger charge is -2.34. The van der Waals surface area contributed by atoms with E-state index in [9.17, 15) is 0 Å². The predicted octanol–water partition coefficient (Wildman–Crippen LogP) is 15.5. The Hall–Kier alpha value is -8.20. The zero-order chi connectivity index (χ0) is 41.7. The number of benzene rings is 10. The second kappa shape index (κ2) is 15.1. The van der Waals surface area contributed by atoms with Gasteiger partial charge in [0.2, 0.25) is 0 Å². The van der Waals surface area contributed by atoms with Crippen molar-refractivity contribution in [3.05, 3.63) is 265 Å². The van der Waals surface area contributed by atoms with E-state index >= 15 is 0 Å². The smallest absolute Gasteiger partial charge is 0.160 e. The summed E-state index contributed by atoms with van der Waals surface area (Å²) in [5, 5.41) is 4.84. The summed E-state index contributed by atoms with van der Waals surface area (Å²) in [6, 6.07) is 87.8. The second-order valence-electron chi connectivity index (χ2n) is 16.4. The molecule has 2 nitrogen and oxygen atoms in total. The van der Waals surface area contributed by atoms with Crippen molar-refractivity contribution >= 4 is 21.5 Å². The summed E-state index contributed by atoms with van der Waals surface area (Å²) < 4.78 is 0. The van der Waals surface area contributed by atoms with Crippen LogP contribution in [0.25, 0.3) is 88.8 Å². The van der Waals surface area contributed by atoms with Gasteiger partial charge in [-0.15, -0.1) is 0 Å². The molecule has 0 aliphatic heterocycles. The summed E-state index contributed by atoms with van der Waals surface area (Å²) in [6.07, 6.45) is 0. The lowest BCUT2D eigenvalue weighted by Crippen LogP contribution is -2.28. The molecule has 12 rings (SSSR count). The normalized spacial score (nSPS) is 12.6. The Morgan fingerprint density at radius 3 is 1.46 bits per heavy atom. The van der Waals surface area contributed by atoms with Gasteiger partial charge in [-0.3, -0.25) is 0 Å². The monoisotopic (exact) mass is 800 g/mol. The predicted molar refractivity (Wildman–Crippen MR) is 262 cm³/mol. The van der Waals surface area contributed by atoms with Crippen LogP contribution in [-0.2, 0) is 5.41 Å². The molecule has 1 aromatic heterocycles. The van der Waals surface area contributed by atoms with Gasteiger partial charge < -0.3 is 0 Å². The molecule has 0 spiro atoms. The second-order valence-corrected chi connectivity index (χ2v) is 16.4. The summed E-state index contributed by atoms with van der Waals surface area (Å²) in [5.74, 6) is 0.697. The Morgan fingerprint density at radius 2 is 0.778 bits per heavy atom. The lowest BCUT2D eigenvalue weighted by atomic mass is 9.67. The van der Waals surface area contributed by atoms with Gasteiger partial charge in [-0.2, -0.15) is 0 Å². The molecule has 0 amide bonds. The van der Waals surface area contributed by atoms with E-state index < -0.39 is 5.41 Å². The lowest BCUT2D eigenvalue weighted by molar-refractivity contribution is 0.769. The van der Waals surface area contributed by atoms with Crippen LogP contribution in [0.4, 0.5) is 0 Å². The van der Waals surface area contributed by atoms with Crippen LogP contribution in [0.5, 0.6) is 0 Å². The molecule has 2 heteroatoms. The fourth-order valence-electron chi connectivity index (χ4n) is 10.1. The number of hydrogen-bond acceptors (Lipinski definition) is 2. The Bertz CT molecular complexity index is 3430. The summed E-state index contributed by atoms with van der Waals surface area (Å²) in [4.78, 5) is 10.5. The Labute approximate surface area is 367 Å². The molecule has 294 valence electrons. The van der Waals surface area contributed by atoms with E-state index in [1.807, 2.05) is 12.1 Å². The third-order valence-electron chi connectivity index (χ3n) is 13.0. The Balaban J connectivity index is 1.05. The van der Waals surface area contributed by atoms with Gasteiger partial charge >= 0.3 is 0 Å². The van der Waals surface area contributed by atoms with E-state index in [-0.39, 0.29) is 0 Å². The van der Waals surface area contributed by atoms with E-state index in [4.69, 9.17) is 9.97 Å². The molecule has 63 heavy (non-hydrogen) atoms. The highest BCUT2D eigenvalue weighted by Crippen LogP contribution is 2.58. The maximum absolute atomic E-state index is 5.32. The largest absolute Gasteiger partial charge is 0.228 e. The first-order chi connectivity index (χ1) is 31.2. The minimum absolute atomic E-state index is 0.520. The summed E-state index contributed by atoms with van der Waals surface area (Å²) in [5.41, 5.74) is 16.8. The maximum Gasteiger partial charge on any atom is 0.160 e. The fourth-order valence-corrected chi connectivity index (χ4v) is 10.1. The van der Waals surface area contributed by atoms with Crippen molar-refractivity contribution in [2.24, 2.45) is 0 Å². The molecular weight excluding hydrogens is 761 g/mol. The third-order valence-corrected chi connectivity index (χ3v) is 13.0. The van der Waals surface area contributed by atoms with E-state index in [1.165, 1.54) is 66.2 Å². The van der Waals surface area contributed by atoms with Crippen molar-refractivity contribution in [3.63, 3.8) is 0 Å². The molecule has 0 N–H and O–H groups in total. The van der Waals surface area contributed by atoms with Crippen LogP contribution in [0, 0.1) is 0 Å². The fraction of sp³-hybridized carbons (Fsp3) is 0.0164. The van der Waals surface area contributed by atoms with Gasteiger partial charge in [0.1, 0.15) is 0 Å². The van der Waals surface area contributed by atoms with Crippen LogP contribution >= 0.6 is 0 Å². The van der Waals surface area contributed by atoms with Gasteiger partial charge in [-0.25, -0.2) is 9.97 Å². The molecule has 1 aliphatic carbocycles. The molecule has 0 saturated heterocycles. The first-order valence-corrected chi connectivity index (χ1v) is 21.6. The van der Waals surface area contributed by atoms with Crippen LogP contribution in [0.3, 0.4) is 0 Å². The highest BCUT2D eigenvalue weighted by atomic mass is 14.9. The Morgan fingerprint density at radius 1 is 0.286 bits per heavy atom. The number of rotatable bonds is 7. The number of hydrogen-bond donors (Lipinski definition) is 0. The number of aromatic nitrogens is 2. The SMILES string of the molecule is c1ccc(-c2ccc(-c3nc(-c4ccccc4)cc(-c4ccc(-c5ccc6c(c5)C(c5ccccc5)(c5ccccc5)c5ccc7ccccc7c5-6)c5ccccc45)n3)cc2)cc1. The molecule has 0 saturated carbocycles. The first kappa shape index (κ1) is 36.6. The molecule has 1 aliphatic rings. The highest BCUT2D eigenvalue weighted by Gasteiger charge is 2.46. The molecule has 0 radical (unpaired) electrons. The summed E-state index contributed by atoms with van der Waals surface area (Å²) in [6.45, 7) is 0. The average Bonchev–Trinajstić information content (AvgIpc) is 3.68. The van der Waals surface area contributed by atoms with E-state index in [0.29, 0.717) is 5.82 Å². The third kappa shape index (κ3) is 6.02. The van der Waals surface area contributed by atoms with E-state index in [0.717, 1.165) is 39.0 Å². The molecule has 1 heterocycles. The zero-order valence-electron chi connectivity index (χ0n) is 34.5. The summed E-state index contributed by atoms with van der Waals surface area (Å²) >= 11 is 0. The van der Waals surface area contributed by atoms with Crippen molar-refractivity contribution < 1.29 is 0 Å². The van der Waals surface area contributed by atoms with E-state index in [1.54, 1.807) is 0 Å². The van der Waals surface area contributed by atoms with Gasteiger partial charge in [0, 0.05) is 16.7 Å². The topological polar surface area (TPSA) is 25.8 Å². The van der Waals surface area contributed by atoms with Gasteiger partial charge in [0.25, 0.3) is 0 Å². The standard InChI is InChI=1S/C61H40N2/c1-5-17-41(18-6-1)42-29-31-45(32-30-42)60-62-57(44-20-7-2-8-21-44)40-58(63-60)53-37-36-49(51-27-15-16-28-52(51)53)46-33-35-54-56(39-46)61(47-22-9-3-10-23-47,48-24-11-4-12-25-48)55-38-34-43-19-13-14-26-50(43)59(54)55/h1-40H. The van der Waals surface area contributed by atoms with Crippen LogP contribution in [0.15, 0.2) is 243 Å². The van der Waals surface area contributed by atoms with Crippen LogP contribution in [0.1, 0.15) is 22.3 Å². The average molecular weight is 801 g/mol. The summed E-state index contributed by atoms with van der Waals surface area (Å²) in [7, 11) is 0. The molecule has 0 unspecified atom stereocenters. The van der Waals surface area contributed by atoms with Crippen LogP contribution < -0.4 is 0 Å². The van der Waals surface area contributed by atoms with E-state index in [2.05, 4.69) is 231 Å². The molecule has 10 aromatic carbocycles. The first-order valence-electron chi connectivity index (χ1n) is 21.6.